The summed E-state index contributed by atoms with van der Waals surface area (Å²) in [5, 5.41) is 0. The predicted octanol–water partition coefficient (Wildman–Crippen LogP) is 1.97. The third-order valence-electron chi connectivity index (χ3n) is 7.45. The zero-order chi connectivity index (χ0) is 18.2. The van der Waals surface area contributed by atoms with Gasteiger partial charge in [-0.05, 0) is 56.2 Å². The van der Waals surface area contributed by atoms with Crippen molar-refractivity contribution >= 4 is 5.91 Å². The summed E-state index contributed by atoms with van der Waals surface area (Å²) in [6.07, 6.45) is 5.42. The highest BCUT2D eigenvalue weighted by Crippen LogP contribution is 2.46. The van der Waals surface area contributed by atoms with Crippen molar-refractivity contribution in [1.29, 1.82) is 0 Å². The van der Waals surface area contributed by atoms with Crippen LogP contribution < -0.4 is 10.9 Å². The van der Waals surface area contributed by atoms with Crippen LogP contribution in [0.25, 0.3) is 0 Å². The summed E-state index contributed by atoms with van der Waals surface area (Å²) in [5.41, 5.74) is 7.80. The van der Waals surface area contributed by atoms with E-state index in [9.17, 15) is 4.79 Å². The molecule has 0 saturated carbocycles. The first-order chi connectivity index (χ1) is 13.3. The van der Waals surface area contributed by atoms with E-state index in [1.807, 2.05) is 0 Å². The van der Waals surface area contributed by atoms with Crippen molar-refractivity contribution in [2.45, 2.75) is 50.1 Å². The third kappa shape index (κ3) is 3.30. The largest absolute Gasteiger partial charge is 0.337 e. The fourth-order valence-corrected chi connectivity index (χ4v) is 6.09. The van der Waals surface area contributed by atoms with Crippen LogP contribution in [0.1, 0.15) is 43.6 Å². The fourth-order valence-electron chi connectivity index (χ4n) is 6.09. The number of carbonyl (C=O) groups excluding carboxylic acids is 1. The quantitative estimate of drug-likeness (QED) is 0.834. The topological polar surface area (TPSA) is 47.6 Å². The van der Waals surface area contributed by atoms with E-state index in [-0.39, 0.29) is 0 Å². The zero-order valence-electron chi connectivity index (χ0n) is 16.1. The molecule has 0 aliphatic carbocycles. The van der Waals surface area contributed by atoms with Gasteiger partial charge in [-0.25, -0.2) is 0 Å². The van der Waals surface area contributed by atoms with Crippen molar-refractivity contribution in [3.8, 4) is 0 Å². The van der Waals surface area contributed by atoms with Gasteiger partial charge in [-0.1, -0.05) is 30.3 Å². The second kappa shape index (κ2) is 7.53. The second-order valence-electron chi connectivity index (χ2n) is 8.94. The summed E-state index contributed by atoms with van der Waals surface area (Å²) in [6.45, 7) is 5.43. The summed E-state index contributed by atoms with van der Waals surface area (Å²) in [5.74, 6) is 2.27. The molecule has 0 unspecified atom stereocenters. The Balaban J connectivity index is 1.30. The van der Waals surface area contributed by atoms with Crippen LogP contribution in [0.4, 0.5) is 0 Å². The summed E-state index contributed by atoms with van der Waals surface area (Å²) in [6, 6.07) is 11.9. The monoisotopic (exact) mass is 368 g/mol. The van der Waals surface area contributed by atoms with E-state index in [1.165, 1.54) is 31.5 Å². The van der Waals surface area contributed by atoms with Crippen LogP contribution in [0.2, 0.25) is 0 Å². The molecule has 5 fully saturated rings. The molecule has 5 aliphatic heterocycles. The lowest BCUT2D eigenvalue weighted by molar-refractivity contribution is -0.136. The van der Waals surface area contributed by atoms with Gasteiger partial charge in [-0.3, -0.25) is 20.5 Å². The van der Waals surface area contributed by atoms with Crippen molar-refractivity contribution in [3.63, 3.8) is 0 Å². The molecule has 6 rings (SSSR count). The number of likely N-dealkylation sites (tertiary alicyclic amines) is 1. The Morgan fingerprint density at radius 3 is 2.52 bits per heavy atom. The van der Waals surface area contributed by atoms with E-state index in [1.54, 1.807) is 0 Å². The lowest BCUT2D eigenvalue weighted by atomic mass is 9.75. The van der Waals surface area contributed by atoms with Gasteiger partial charge < -0.3 is 4.90 Å². The van der Waals surface area contributed by atoms with Gasteiger partial charge in [0, 0.05) is 38.0 Å². The van der Waals surface area contributed by atoms with Gasteiger partial charge in [0.25, 0.3) is 0 Å². The number of fused-ring (bicyclic) bond motifs is 2. The Hall–Kier alpha value is -1.43. The number of nitrogens with zero attached hydrogens (tertiary/aromatic N) is 2. The maximum Gasteiger partial charge on any atom is 0.222 e. The van der Waals surface area contributed by atoms with E-state index in [0.29, 0.717) is 42.2 Å². The molecule has 2 N–H and O–H groups in total. The summed E-state index contributed by atoms with van der Waals surface area (Å²) < 4.78 is 0. The van der Waals surface area contributed by atoms with Gasteiger partial charge in [-0.15, -0.1) is 0 Å². The molecule has 2 bridgehead atoms. The van der Waals surface area contributed by atoms with E-state index < -0.39 is 0 Å². The van der Waals surface area contributed by atoms with Gasteiger partial charge in [0.15, 0.2) is 0 Å². The SMILES string of the molecule is O=C(CCCC1CNNC1)N1C[C@H](c2ccccc2)[C@H]2[C@@H]1C1CCN2CC1. The van der Waals surface area contributed by atoms with Crippen molar-refractivity contribution in [2.75, 3.05) is 32.7 Å². The lowest BCUT2D eigenvalue weighted by Crippen LogP contribution is -2.60. The summed E-state index contributed by atoms with van der Waals surface area (Å²) >= 11 is 0. The van der Waals surface area contributed by atoms with Gasteiger partial charge in [0.1, 0.15) is 0 Å². The number of amides is 1. The molecule has 0 aromatic heterocycles. The molecule has 0 radical (unpaired) electrons. The molecule has 5 heteroatoms. The van der Waals surface area contributed by atoms with E-state index in [2.05, 4.69) is 51.0 Å². The molecule has 5 aliphatic rings. The molecule has 1 aromatic rings. The molecular formula is C22H32N4O. The highest BCUT2D eigenvalue weighted by molar-refractivity contribution is 5.77. The van der Waals surface area contributed by atoms with Crippen LogP contribution in [0.15, 0.2) is 30.3 Å². The molecule has 27 heavy (non-hydrogen) atoms. The van der Waals surface area contributed by atoms with Crippen LogP contribution in [0.5, 0.6) is 0 Å². The Morgan fingerprint density at radius 1 is 1.04 bits per heavy atom. The Bertz CT molecular complexity index is 652. The van der Waals surface area contributed by atoms with Crippen LogP contribution in [0.3, 0.4) is 0 Å². The van der Waals surface area contributed by atoms with E-state index >= 15 is 0 Å². The average molecular weight is 369 g/mol. The highest BCUT2D eigenvalue weighted by Gasteiger charge is 2.54. The van der Waals surface area contributed by atoms with E-state index in [0.717, 1.165) is 32.5 Å². The molecule has 3 atom stereocenters. The Kier molecular flexibility index (Phi) is 4.92. The van der Waals surface area contributed by atoms with Gasteiger partial charge >= 0.3 is 0 Å². The highest BCUT2D eigenvalue weighted by atomic mass is 16.2. The Morgan fingerprint density at radius 2 is 1.78 bits per heavy atom. The lowest BCUT2D eigenvalue weighted by Gasteiger charge is -2.51. The number of benzene rings is 1. The minimum atomic E-state index is 0.399. The first-order valence-electron chi connectivity index (χ1n) is 10.9. The molecule has 1 amide bonds. The molecule has 146 valence electrons. The first-order valence-corrected chi connectivity index (χ1v) is 10.9. The predicted molar refractivity (Wildman–Crippen MR) is 106 cm³/mol. The summed E-state index contributed by atoms with van der Waals surface area (Å²) in [4.78, 5) is 18.2. The maximum absolute atomic E-state index is 13.2. The standard InChI is InChI=1S/C22H32N4O/c27-20(8-4-5-16-13-23-24-14-16)26-15-19(17-6-2-1-3-7-17)22-21(26)18-9-11-25(22)12-10-18/h1-3,6-7,16,18-19,21-24H,4-5,8-15H2/t19-,21+,22+/m1/s1. The number of piperidine rings is 3. The van der Waals surface area contributed by atoms with Crippen LogP contribution in [0, 0.1) is 11.8 Å². The van der Waals surface area contributed by atoms with Crippen molar-refractivity contribution in [1.82, 2.24) is 20.7 Å². The van der Waals surface area contributed by atoms with Crippen LogP contribution in [-0.4, -0.2) is 60.5 Å². The van der Waals surface area contributed by atoms with Crippen molar-refractivity contribution in [3.05, 3.63) is 35.9 Å². The van der Waals surface area contributed by atoms with Gasteiger partial charge in [0.05, 0.1) is 6.04 Å². The fraction of sp³-hybridized carbons (Fsp3) is 0.682. The average Bonchev–Trinajstić information content (AvgIpc) is 3.38. The number of hydrazine groups is 1. The summed E-state index contributed by atoms with van der Waals surface area (Å²) in [7, 11) is 0. The smallest absolute Gasteiger partial charge is 0.222 e. The third-order valence-corrected chi connectivity index (χ3v) is 7.45. The number of rotatable bonds is 5. The normalized spacial score (nSPS) is 35.6. The minimum absolute atomic E-state index is 0.399. The van der Waals surface area contributed by atoms with Crippen LogP contribution >= 0.6 is 0 Å². The Labute approximate surface area is 162 Å². The molecule has 1 aromatic carbocycles. The number of nitrogens with one attached hydrogen (secondary N) is 2. The molecule has 5 saturated heterocycles. The van der Waals surface area contributed by atoms with Gasteiger partial charge in [0.2, 0.25) is 5.91 Å². The first kappa shape index (κ1) is 17.7. The molecule has 5 heterocycles. The number of hydrogen-bond donors (Lipinski definition) is 2. The molecule has 0 spiro atoms. The van der Waals surface area contributed by atoms with E-state index in [4.69, 9.17) is 0 Å². The van der Waals surface area contributed by atoms with Crippen molar-refractivity contribution < 1.29 is 4.79 Å². The zero-order valence-corrected chi connectivity index (χ0v) is 16.1. The van der Waals surface area contributed by atoms with Gasteiger partial charge in [-0.2, -0.15) is 0 Å². The number of hydrogen-bond acceptors (Lipinski definition) is 4. The minimum Gasteiger partial charge on any atom is -0.337 e. The van der Waals surface area contributed by atoms with Crippen molar-refractivity contribution in [2.24, 2.45) is 11.8 Å². The van der Waals surface area contributed by atoms with Crippen LogP contribution in [-0.2, 0) is 4.79 Å². The maximum atomic E-state index is 13.2. The molecule has 5 nitrogen and oxygen atoms in total. The molecular weight excluding hydrogens is 336 g/mol. The number of carbonyl (C=O) groups is 1. The second-order valence-corrected chi connectivity index (χ2v) is 8.94.